The average molecular weight is 275 g/mol. The molecule has 0 bridgehead atoms. The van der Waals surface area contributed by atoms with Gasteiger partial charge in [-0.05, 0) is 12.3 Å². The molecule has 3 aliphatic rings. The van der Waals surface area contributed by atoms with Crippen LogP contribution in [0.4, 0.5) is 0 Å². The summed E-state index contributed by atoms with van der Waals surface area (Å²) in [5.74, 6) is 1.30. The molecule has 3 fully saturated rings. The molecule has 0 aromatic carbocycles. The Balaban J connectivity index is 1.83. The van der Waals surface area contributed by atoms with E-state index in [0.29, 0.717) is 43.2 Å². The zero-order chi connectivity index (χ0) is 10.5. The van der Waals surface area contributed by atoms with Crippen LogP contribution in [0.3, 0.4) is 0 Å². The summed E-state index contributed by atoms with van der Waals surface area (Å²) < 4.78 is 11.6. The summed E-state index contributed by atoms with van der Waals surface area (Å²) in [6.07, 6.45) is 2.47. The molecule has 0 aromatic rings. The lowest BCUT2D eigenvalue weighted by molar-refractivity contribution is -0.311. The van der Waals surface area contributed by atoms with Crippen LogP contribution in [0.2, 0.25) is 0 Å². The first-order valence-electron chi connectivity index (χ1n) is 5.63. The van der Waals surface area contributed by atoms with Crippen molar-refractivity contribution in [2.75, 3.05) is 18.5 Å². The maximum absolute atomic E-state index is 11.5. The summed E-state index contributed by atoms with van der Waals surface area (Å²) in [6, 6.07) is 0. The Morgan fingerprint density at radius 2 is 2.07 bits per heavy atom. The van der Waals surface area contributed by atoms with Crippen LogP contribution in [0.5, 0.6) is 0 Å². The Kier molecular flexibility index (Phi) is 2.41. The third kappa shape index (κ3) is 1.28. The third-order valence-electron chi connectivity index (χ3n) is 4.14. The van der Waals surface area contributed by atoms with Gasteiger partial charge < -0.3 is 9.47 Å². The second kappa shape index (κ2) is 3.54. The van der Waals surface area contributed by atoms with Crippen LogP contribution in [0.1, 0.15) is 19.3 Å². The van der Waals surface area contributed by atoms with E-state index in [4.69, 9.17) is 9.47 Å². The van der Waals surface area contributed by atoms with E-state index in [1.54, 1.807) is 0 Å². The van der Waals surface area contributed by atoms with E-state index in [9.17, 15) is 4.79 Å². The molecule has 1 aliphatic heterocycles. The van der Waals surface area contributed by atoms with Crippen molar-refractivity contribution in [3.63, 3.8) is 0 Å². The summed E-state index contributed by atoms with van der Waals surface area (Å²) in [5.41, 5.74) is 0. The maximum atomic E-state index is 11.5. The largest absolute Gasteiger partial charge is 0.347 e. The second-order valence-corrected chi connectivity index (χ2v) is 5.51. The van der Waals surface area contributed by atoms with Crippen molar-refractivity contribution in [3.8, 4) is 0 Å². The minimum atomic E-state index is -0.384. The first-order chi connectivity index (χ1) is 7.28. The standard InChI is InChI=1S/C11H15BrO3/c12-2-1-9-8-5-7(13)6-10(8)11(9)14-3-4-15-11/h8-10H,1-6H2/t8-,9?,10-/m1/s1. The quantitative estimate of drug-likeness (QED) is 0.720. The molecule has 15 heavy (non-hydrogen) atoms. The van der Waals surface area contributed by atoms with Crippen molar-refractivity contribution in [1.82, 2.24) is 0 Å². The lowest BCUT2D eigenvalue weighted by Gasteiger charge is -2.54. The molecule has 1 saturated heterocycles. The molecule has 3 rings (SSSR count). The highest BCUT2D eigenvalue weighted by molar-refractivity contribution is 9.09. The van der Waals surface area contributed by atoms with E-state index in [-0.39, 0.29) is 5.79 Å². The number of halogens is 1. The third-order valence-corrected chi connectivity index (χ3v) is 4.59. The molecule has 3 atom stereocenters. The van der Waals surface area contributed by atoms with Gasteiger partial charge in [0.2, 0.25) is 0 Å². The predicted octanol–water partition coefficient (Wildman–Crippen LogP) is 1.74. The predicted molar refractivity (Wildman–Crippen MR) is 57.8 cm³/mol. The number of alkyl halides is 1. The summed E-state index contributed by atoms with van der Waals surface area (Å²) in [4.78, 5) is 11.5. The molecular weight excluding hydrogens is 260 g/mol. The molecule has 2 aliphatic carbocycles. The van der Waals surface area contributed by atoms with Gasteiger partial charge in [-0.15, -0.1) is 0 Å². The summed E-state index contributed by atoms with van der Waals surface area (Å²) in [7, 11) is 0. The van der Waals surface area contributed by atoms with Gasteiger partial charge in [0.1, 0.15) is 5.78 Å². The van der Waals surface area contributed by atoms with Crippen LogP contribution >= 0.6 is 15.9 Å². The zero-order valence-corrected chi connectivity index (χ0v) is 10.2. The molecule has 1 spiro atoms. The number of carbonyl (C=O) groups is 1. The van der Waals surface area contributed by atoms with E-state index in [1.807, 2.05) is 0 Å². The molecule has 0 radical (unpaired) electrons. The fourth-order valence-electron chi connectivity index (χ4n) is 3.61. The van der Waals surface area contributed by atoms with Gasteiger partial charge in [0.05, 0.1) is 13.2 Å². The molecule has 3 nitrogen and oxygen atoms in total. The fourth-order valence-corrected chi connectivity index (χ4v) is 4.10. The fraction of sp³-hybridized carbons (Fsp3) is 0.909. The highest BCUT2D eigenvalue weighted by Gasteiger charge is 2.67. The van der Waals surface area contributed by atoms with Crippen molar-refractivity contribution in [2.45, 2.75) is 25.0 Å². The van der Waals surface area contributed by atoms with Crippen LogP contribution in [0, 0.1) is 17.8 Å². The number of Topliss-reactive ketones (excluding diaryl/α,β-unsaturated/α-hetero) is 1. The Hall–Kier alpha value is 0.0700. The number of hydrogen-bond donors (Lipinski definition) is 0. The highest BCUT2D eigenvalue weighted by Crippen LogP contribution is 2.61. The van der Waals surface area contributed by atoms with Gasteiger partial charge in [-0.3, -0.25) is 4.79 Å². The van der Waals surface area contributed by atoms with Gasteiger partial charge in [0, 0.05) is 30.0 Å². The van der Waals surface area contributed by atoms with Crippen molar-refractivity contribution < 1.29 is 14.3 Å². The van der Waals surface area contributed by atoms with Gasteiger partial charge >= 0.3 is 0 Å². The monoisotopic (exact) mass is 274 g/mol. The number of rotatable bonds is 2. The molecule has 0 amide bonds. The summed E-state index contributed by atoms with van der Waals surface area (Å²) in [6.45, 7) is 1.38. The Morgan fingerprint density at radius 3 is 2.73 bits per heavy atom. The molecule has 1 unspecified atom stereocenters. The van der Waals surface area contributed by atoms with E-state index in [0.717, 1.165) is 18.2 Å². The average Bonchev–Trinajstić information content (AvgIpc) is 2.81. The number of ether oxygens (including phenoxy) is 2. The van der Waals surface area contributed by atoms with Crippen LogP contribution in [-0.2, 0) is 14.3 Å². The zero-order valence-electron chi connectivity index (χ0n) is 8.58. The van der Waals surface area contributed by atoms with Gasteiger partial charge in [-0.25, -0.2) is 0 Å². The molecule has 2 saturated carbocycles. The van der Waals surface area contributed by atoms with Gasteiger partial charge in [0.15, 0.2) is 5.79 Å². The summed E-state index contributed by atoms with van der Waals surface area (Å²) >= 11 is 3.47. The van der Waals surface area contributed by atoms with Gasteiger partial charge in [0.25, 0.3) is 0 Å². The molecule has 0 N–H and O–H groups in total. The first-order valence-corrected chi connectivity index (χ1v) is 6.75. The normalized spacial score (nSPS) is 41.9. The van der Waals surface area contributed by atoms with Crippen LogP contribution in [0.25, 0.3) is 0 Å². The van der Waals surface area contributed by atoms with E-state index < -0.39 is 0 Å². The number of hydrogen-bond acceptors (Lipinski definition) is 3. The summed E-state index contributed by atoms with van der Waals surface area (Å²) in [5, 5.41) is 0.962. The Morgan fingerprint density at radius 1 is 1.33 bits per heavy atom. The smallest absolute Gasteiger partial charge is 0.175 e. The molecule has 84 valence electrons. The maximum Gasteiger partial charge on any atom is 0.175 e. The molecule has 4 heteroatoms. The SMILES string of the molecule is O=C1C[C@@H]2C(CCBr)C3(OCCO3)[C@@H]2C1. The van der Waals surface area contributed by atoms with Crippen LogP contribution < -0.4 is 0 Å². The first kappa shape index (κ1) is 10.2. The van der Waals surface area contributed by atoms with Crippen molar-refractivity contribution >= 4 is 21.7 Å². The molecule has 1 heterocycles. The van der Waals surface area contributed by atoms with E-state index in [2.05, 4.69) is 15.9 Å². The number of carbonyl (C=O) groups excluding carboxylic acids is 1. The van der Waals surface area contributed by atoms with Crippen LogP contribution in [-0.4, -0.2) is 30.1 Å². The van der Waals surface area contributed by atoms with Gasteiger partial charge in [-0.2, -0.15) is 0 Å². The van der Waals surface area contributed by atoms with E-state index >= 15 is 0 Å². The number of ketones is 1. The lowest BCUT2D eigenvalue weighted by Crippen LogP contribution is -2.61. The van der Waals surface area contributed by atoms with Crippen molar-refractivity contribution in [2.24, 2.45) is 17.8 Å². The molecular formula is C11H15BrO3. The topological polar surface area (TPSA) is 35.5 Å². The minimum absolute atomic E-state index is 0.344. The Labute approximate surface area is 97.6 Å². The lowest BCUT2D eigenvalue weighted by atomic mass is 9.60. The Bertz CT molecular complexity index is 286. The van der Waals surface area contributed by atoms with E-state index in [1.165, 1.54) is 0 Å². The van der Waals surface area contributed by atoms with Crippen molar-refractivity contribution in [3.05, 3.63) is 0 Å². The van der Waals surface area contributed by atoms with Crippen LogP contribution in [0.15, 0.2) is 0 Å². The highest BCUT2D eigenvalue weighted by atomic mass is 79.9. The van der Waals surface area contributed by atoms with Crippen molar-refractivity contribution in [1.29, 1.82) is 0 Å². The van der Waals surface area contributed by atoms with Gasteiger partial charge in [-0.1, -0.05) is 15.9 Å². The number of fused-ring (bicyclic) bond motifs is 2. The minimum Gasteiger partial charge on any atom is -0.347 e. The second-order valence-electron chi connectivity index (χ2n) is 4.72. The molecule has 0 aromatic heterocycles.